The summed E-state index contributed by atoms with van der Waals surface area (Å²) in [5, 5.41) is 9.16. The maximum atomic E-state index is 12.8. The van der Waals surface area contributed by atoms with Gasteiger partial charge in [-0.1, -0.05) is 36.4 Å². The van der Waals surface area contributed by atoms with Crippen LogP contribution in [0, 0.1) is 0 Å². The minimum Gasteiger partial charge on any atom is -0.451 e. The van der Waals surface area contributed by atoms with Gasteiger partial charge in [0, 0.05) is 11.9 Å². The molecule has 0 aliphatic carbocycles. The first kappa shape index (κ1) is 19.7. The number of ether oxygens (including phenoxy) is 1. The molecule has 9 heteroatoms. The number of hydrogen-bond donors (Lipinski definition) is 2. The average molecular weight is 394 g/mol. The molecule has 0 saturated carbocycles. The van der Waals surface area contributed by atoms with Crippen molar-refractivity contribution in [3.63, 3.8) is 0 Å². The topological polar surface area (TPSA) is 119 Å². The molecular weight excluding hydrogens is 376 g/mol. The molecule has 2 N–H and O–H groups in total. The number of rotatable bonds is 5. The Kier molecular flexibility index (Phi) is 5.98. The van der Waals surface area contributed by atoms with Gasteiger partial charge in [-0.2, -0.15) is 9.78 Å². The smallest absolute Gasteiger partial charge is 0.359 e. The number of hydrogen-bond acceptors (Lipinski definition) is 6. The van der Waals surface area contributed by atoms with E-state index in [9.17, 15) is 19.2 Å². The van der Waals surface area contributed by atoms with Crippen LogP contribution in [0.2, 0.25) is 0 Å². The summed E-state index contributed by atoms with van der Waals surface area (Å²) < 4.78 is 6.10. The van der Waals surface area contributed by atoms with Crippen molar-refractivity contribution in [3.8, 4) is 5.69 Å². The fourth-order valence-electron chi connectivity index (χ4n) is 2.65. The fourth-order valence-corrected chi connectivity index (χ4v) is 2.65. The predicted octanol–water partition coefficient (Wildman–Crippen LogP) is 1.39. The predicted molar refractivity (Wildman–Crippen MR) is 105 cm³/mol. The molecule has 0 unspecified atom stereocenters. The first-order chi connectivity index (χ1) is 14.0. The lowest BCUT2D eigenvalue weighted by Gasteiger charge is -2.11. The molecule has 0 bridgehead atoms. The Labute approximate surface area is 165 Å². The summed E-state index contributed by atoms with van der Waals surface area (Å²) in [4.78, 5) is 48.5. The molecule has 0 atom stereocenters. The summed E-state index contributed by atoms with van der Waals surface area (Å²) in [6, 6.07) is 14.4. The number of benzene rings is 2. The van der Waals surface area contributed by atoms with Crippen LogP contribution >= 0.6 is 0 Å². The van der Waals surface area contributed by atoms with Crippen LogP contribution in [0.25, 0.3) is 16.5 Å². The molecule has 0 fully saturated rings. The number of carbonyl (C=O) groups is 3. The van der Waals surface area contributed by atoms with E-state index in [1.54, 1.807) is 61.5 Å². The highest BCUT2D eigenvalue weighted by atomic mass is 16.5. The average Bonchev–Trinajstić information content (AvgIpc) is 2.73. The van der Waals surface area contributed by atoms with Crippen LogP contribution in [0.1, 0.15) is 17.4 Å². The largest absolute Gasteiger partial charge is 0.451 e. The lowest BCUT2D eigenvalue weighted by molar-refractivity contribution is -0.123. The van der Waals surface area contributed by atoms with Gasteiger partial charge in [0.25, 0.3) is 11.5 Å². The molecule has 29 heavy (non-hydrogen) atoms. The van der Waals surface area contributed by atoms with Crippen LogP contribution in [-0.4, -0.2) is 40.8 Å². The quantitative estimate of drug-likeness (QED) is 0.631. The number of para-hydroxylation sites is 1. The number of amides is 3. The molecule has 3 aromatic rings. The van der Waals surface area contributed by atoms with Crippen LogP contribution in [0.4, 0.5) is 4.79 Å². The second-order valence-electron chi connectivity index (χ2n) is 5.93. The Hall–Kier alpha value is -4.01. The maximum Gasteiger partial charge on any atom is 0.359 e. The van der Waals surface area contributed by atoms with Crippen molar-refractivity contribution < 1.29 is 19.1 Å². The molecule has 1 aromatic heterocycles. The highest BCUT2D eigenvalue weighted by molar-refractivity contribution is 6.03. The first-order valence-electron chi connectivity index (χ1n) is 8.83. The van der Waals surface area contributed by atoms with E-state index in [0.717, 1.165) is 4.68 Å². The van der Waals surface area contributed by atoms with Crippen molar-refractivity contribution in [1.29, 1.82) is 0 Å². The Morgan fingerprint density at radius 2 is 1.66 bits per heavy atom. The minimum atomic E-state index is -0.892. The Morgan fingerprint density at radius 3 is 2.34 bits per heavy atom. The summed E-state index contributed by atoms with van der Waals surface area (Å²) in [6.07, 6.45) is 0. The van der Waals surface area contributed by atoms with Gasteiger partial charge in [-0.15, -0.1) is 0 Å². The van der Waals surface area contributed by atoms with E-state index in [0.29, 0.717) is 17.6 Å². The lowest BCUT2D eigenvalue weighted by Crippen LogP contribution is -2.41. The third kappa shape index (κ3) is 4.46. The van der Waals surface area contributed by atoms with Crippen LogP contribution in [0.5, 0.6) is 0 Å². The number of carbonyl (C=O) groups excluding carboxylic acids is 3. The molecule has 1 heterocycles. The number of aromatic nitrogens is 2. The van der Waals surface area contributed by atoms with E-state index < -0.39 is 30.1 Å². The summed E-state index contributed by atoms with van der Waals surface area (Å²) in [5.41, 5.74) is -0.0292. The van der Waals surface area contributed by atoms with Crippen molar-refractivity contribution >= 4 is 28.7 Å². The number of esters is 1. The van der Waals surface area contributed by atoms with Crippen molar-refractivity contribution in [1.82, 2.24) is 20.4 Å². The number of nitrogens with zero attached hydrogens (tertiary/aromatic N) is 2. The SMILES string of the molecule is CCNC(=O)NC(=O)COC(=O)c1nn(-c2ccccc2)c(=O)c2ccccc12. The van der Waals surface area contributed by atoms with Crippen molar-refractivity contribution in [2.24, 2.45) is 0 Å². The number of fused-ring (bicyclic) bond motifs is 1. The van der Waals surface area contributed by atoms with E-state index in [1.807, 2.05) is 5.32 Å². The zero-order chi connectivity index (χ0) is 20.8. The molecular formula is C20H18N4O5. The normalized spacial score (nSPS) is 10.4. The Morgan fingerprint density at radius 1 is 1.00 bits per heavy atom. The van der Waals surface area contributed by atoms with Crippen molar-refractivity contribution in [3.05, 3.63) is 70.6 Å². The van der Waals surface area contributed by atoms with Crippen molar-refractivity contribution in [2.45, 2.75) is 6.92 Å². The molecule has 2 aromatic carbocycles. The van der Waals surface area contributed by atoms with Gasteiger partial charge in [0.15, 0.2) is 12.3 Å². The van der Waals surface area contributed by atoms with Gasteiger partial charge in [0.05, 0.1) is 11.1 Å². The van der Waals surface area contributed by atoms with E-state index in [4.69, 9.17) is 4.74 Å². The second-order valence-corrected chi connectivity index (χ2v) is 5.93. The zero-order valence-electron chi connectivity index (χ0n) is 15.5. The van der Waals surface area contributed by atoms with Gasteiger partial charge in [-0.05, 0) is 25.1 Å². The van der Waals surface area contributed by atoms with Gasteiger partial charge in [0.2, 0.25) is 0 Å². The third-order valence-electron chi connectivity index (χ3n) is 3.92. The van der Waals surface area contributed by atoms with E-state index in [-0.39, 0.29) is 11.1 Å². The molecule has 3 amide bonds. The number of nitrogens with one attached hydrogen (secondary N) is 2. The van der Waals surface area contributed by atoms with Gasteiger partial charge >= 0.3 is 12.0 Å². The standard InChI is InChI=1S/C20H18N4O5/c1-2-21-20(28)22-16(25)12-29-19(27)17-14-10-6-7-11-15(14)18(26)24(23-17)13-8-4-3-5-9-13/h3-11H,2,12H2,1H3,(H2,21,22,25,28). The van der Waals surface area contributed by atoms with Crippen molar-refractivity contribution in [2.75, 3.05) is 13.2 Å². The first-order valence-corrected chi connectivity index (χ1v) is 8.83. The maximum absolute atomic E-state index is 12.8. The third-order valence-corrected chi connectivity index (χ3v) is 3.92. The van der Waals surface area contributed by atoms with Gasteiger partial charge in [-0.25, -0.2) is 9.59 Å². The van der Waals surface area contributed by atoms with Gasteiger partial charge in [0.1, 0.15) is 0 Å². The highest BCUT2D eigenvalue weighted by Gasteiger charge is 2.20. The molecule has 0 saturated heterocycles. The minimum absolute atomic E-state index is 0.116. The van der Waals surface area contributed by atoms with Gasteiger partial charge in [-0.3, -0.25) is 14.9 Å². The molecule has 9 nitrogen and oxygen atoms in total. The lowest BCUT2D eigenvalue weighted by atomic mass is 10.1. The molecule has 148 valence electrons. The van der Waals surface area contributed by atoms with Crippen LogP contribution in [0.15, 0.2) is 59.4 Å². The molecule has 0 radical (unpaired) electrons. The fraction of sp³-hybridized carbons (Fsp3) is 0.150. The summed E-state index contributed by atoms with van der Waals surface area (Å²) in [7, 11) is 0. The molecule has 0 spiro atoms. The van der Waals surface area contributed by atoms with E-state index in [2.05, 4.69) is 10.4 Å². The second kappa shape index (κ2) is 8.79. The van der Waals surface area contributed by atoms with Crippen LogP contribution in [-0.2, 0) is 9.53 Å². The summed E-state index contributed by atoms with van der Waals surface area (Å²) in [5.74, 6) is -1.68. The van der Waals surface area contributed by atoms with Crippen LogP contribution in [0.3, 0.4) is 0 Å². The molecule has 0 aliphatic rings. The van der Waals surface area contributed by atoms with Gasteiger partial charge < -0.3 is 10.1 Å². The number of urea groups is 1. The van der Waals surface area contributed by atoms with E-state index >= 15 is 0 Å². The number of imide groups is 1. The zero-order valence-corrected chi connectivity index (χ0v) is 15.5. The highest BCUT2D eigenvalue weighted by Crippen LogP contribution is 2.16. The Bertz CT molecular complexity index is 1120. The van der Waals surface area contributed by atoms with Crippen LogP contribution < -0.4 is 16.2 Å². The van der Waals surface area contributed by atoms with E-state index in [1.165, 1.54) is 0 Å². The molecule has 3 rings (SSSR count). The molecule has 0 aliphatic heterocycles. The summed E-state index contributed by atoms with van der Waals surface area (Å²) >= 11 is 0. The Balaban J connectivity index is 1.91. The summed E-state index contributed by atoms with van der Waals surface area (Å²) in [6.45, 7) is 1.37. The monoisotopic (exact) mass is 394 g/mol.